The molecule has 1 amide bonds. The number of carbonyl (C=O) groups is 1. The largest absolute Gasteiger partial charge is 0.473 e. The van der Waals surface area contributed by atoms with Crippen molar-refractivity contribution in [3.8, 4) is 22.9 Å². The van der Waals surface area contributed by atoms with Gasteiger partial charge in [-0.25, -0.2) is 4.79 Å². The summed E-state index contributed by atoms with van der Waals surface area (Å²) in [5.74, 6) is 1.31. The molecule has 5 rings (SSSR count). The number of piperidine rings is 1. The first-order chi connectivity index (χ1) is 19.8. The normalized spacial score (nSPS) is 15.3. The van der Waals surface area contributed by atoms with Gasteiger partial charge in [-0.15, -0.1) is 0 Å². The average Bonchev–Trinajstić information content (AvgIpc) is 2.99. The van der Waals surface area contributed by atoms with Crippen molar-refractivity contribution in [1.29, 1.82) is 0 Å². The Morgan fingerprint density at radius 2 is 1.46 bits per heavy atom. The molecule has 212 valence electrons. The number of carbonyl (C=O) groups excluding carboxylic acids is 1. The van der Waals surface area contributed by atoms with E-state index in [1.165, 1.54) is 5.56 Å². The summed E-state index contributed by atoms with van der Waals surface area (Å²) < 4.78 is 17.9. The van der Waals surface area contributed by atoms with Crippen molar-refractivity contribution >= 4 is 6.09 Å². The number of hydrogen-bond acceptors (Lipinski definition) is 5. The Bertz CT molecular complexity index is 1420. The van der Waals surface area contributed by atoms with E-state index in [0.717, 1.165) is 41.6 Å². The van der Waals surface area contributed by atoms with Gasteiger partial charge in [0.05, 0.1) is 0 Å². The lowest BCUT2D eigenvalue weighted by molar-refractivity contribution is 0.0198. The number of hydrogen-bond donors (Lipinski definition) is 0. The molecule has 0 saturated carbocycles. The third kappa shape index (κ3) is 7.88. The number of ether oxygens (including phenoxy) is 3. The molecule has 41 heavy (non-hydrogen) atoms. The monoisotopic (exact) mass is 550 g/mol. The summed E-state index contributed by atoms with van der Waals surface area (Å²) in [6.07, 6.45) is 1.76. The highest BCUT2D eigenvalue weighted by atomic mass is 16.6. The third-order valence-electron chi connectivity index (χ3n) is 7.05. The Labute approximate surface area is 242 Å². The molecule has 0 unspecified atom stereocenters. The maximum Gasteiger partial charge on any atom is 0.410 e. The van der Waals surface area contributed by atoms with Crippen molar-refractivity contribution < 1.29 is 19.0 Å². The number of rotatable bonds is 8. The molecular weight excluding hydrogens is 512 g/mol. The fourth-order valence-corrected chi connectivity index (χ4v) is 4.97. The van der Waals surface area contributed by atoms with Gasteiger partial charge in [0.15, 0.2) is 0 Å². The molecule has 6 heteroatoms. The Morgan fingerprint density at radius 1 is 0.829 bits per heavy atom. The molecule has 3 aromatic carbocycles. The maximum absolute atomic E-state index is 12.7. The molecule has 0 radical (unpaired) electrons. The van der Waals surface area contributed by atoms with Gasteiger partial charge in [-0.3, -0.25) is 0 Å². The van der Waals surface area contributed by atoms with Crippen molar-refractivity contribution in [2.24, 2.45) is 0 Å². The van der Waals surface area contributed by atoms with Crippen LogP contribution in [0.2, 0.25) is 0 Å². The lowest BCUT2D eigenvalue weighted by Gasteiger charge is -2.34. The first-order valence-electron chi connectivity index (χ1n) is 14.3. The van der Waals surface area contributed by atoms with Crippen LogP contribution in [0.25, 0.3) is 11.1 Å². The molecule has 1 saturated heterocycles. The second-order valence-electron chi connectivity index (χ2n) is 11.4. The van der Waals surface area contributed by atoms with E-state index in [0.29, 0.717) is 31.5 Å². The zero-order valence-electron chi connectivity index (χ0n) is 24.1. The second kappa shape index (κ2) is 12.9. The lowest BCUT2D eigenvalue weighted by Crippen LogP contribution is -2.42. The fraction of sp³-hybridized carbons (Fsp3) is 0.314. The third-order valence-corrected chi connectivity index (χ3v) is 7.05. The van der Waals surface area contributed by atoms with Crippen LogP contribution < -0.4 is 9.47 Å². The van der Waals surface area contributed by atoms with E-state index >= 15 is 0 Å². The number of nitrogens with zero attached hydrogens (tertiary/aromatic N) is 2. The predicted octanol–water partition coefficient (Wildman–Crippen LogP) is 8.02. The number of likely N-dealkylation sites (tertiary alicyclic amines) is 1. The molecule has 1 aliphatic rings. The van der Waals surface area contributed by atoms with Gasteiger partial charge in [0, 0.05) is 30.6 Å². The second-order valence-corrected chi connectivity index (χ2v) is 11.4. The SMILES string of the molecule is CC(C)(C)OC(=O)N1CCC[C@@H](c2ccc(-c3ccc(OCc4ccccc4)nc3OCc3ccccc3)cc2)C1. The molecule has 0 N–H and O–H groups in total. The van der Waals surface area contributed by atoms with Gasteiger partial charge in [-0.1, -0.05) is 84.9 Å². The minimum Gasteiger partial charge on any atom is -0.473 e. The van der Waals surface area contributed by atoms with Crippen LogP contribution in [0, 0.1) is 0 Å². The van der Waals surface area contributed by atoms with Crippen LogP contribution >= 0.6 is 0 Å². The van der Waals surface area contributed by atoms with Gasteiger partial charge in [-0.2, -0.15) is 4.98 Å². The molecule has 0 bridgehead atoms. The molecule has 1 aromatic heterocycles. The highest BCUT2D eigenvalue weighted by Gasteiger charge is 2.28. The molecule has 4 aromatic rings. The van der Waals surface area contributed by atoms with Gasteiger partial charge < -0.3 is 19.1 Å². The molecule has 1 fully saturated rings. The summed E-state index contributed by atoms with van der Waals surface area (Å²) in [5.41, 5.74) is 4.77. The minimum atomic E-state index is -0.498. The van der Waals surface area contributed by atoms with Crippen LogP contribution in [0.15, 0.2) is 97.1 Å². The Kier molecular flexibility index (Phi) is 8.88. The van der Waals surface area contributed by atoms with E-state index in [4.69, 9.17) is 19.2 Å². The molecule has 2 heterocycles. The van der Waals surface area contributed by atoms with Gasteiger partial charge in [0.2, 0.25) is 11.8 Å². The molecular formula is C35H38N2O4. The van der Waals surface area contributed by atoms with Crippen LogP contribution in [0.4, 0.5) is 4.79 Å². The van der Waals surface area contributed by atoms with Crippen molar-refractivity contribution in [3.05, 3.63) is 114 Å². The zero-order chi connectivity index (χ0) is 28.7. The first-order valence-corrected chi connectivity index (χ1v) is 14.3. The van der Waals surface area contributed by atoms with Crippen molar-refractivity contribution in [1.82, 2.24) is 9.88 Å². The van der Waals surface area contributed by atoms with E-state index in [1.807, 2.05) is 98.5 Å². The highest BCUT2D eigenvalue weighted by Crippen LogP contribution is 2.34. The standard InChI is InChI=1S/C35H38N2O4/c1-35(2,3)41-34(38)37-22-10-15-30(23-37)28-16-18-29(19-17-28)31-20-21-32(39-24-26-11-6-4-7-12-26)36-33(31)40-25-27-13-8-5-9-14-27/h4-9,11-14,16-21,30H,10,15,22-25H2,1-3H3/t30-/m1/s1. The minimum absolute atomic E-state index is 0.236. The maximum atomic E-state index is 12.7. The van der Waals surface area contributed by atoms with Crippen LogP contribution in [0.5, 0.6) is 11.8 Å². The first kappa shape index (κ1) is 28.2. The highest BCUT2D eigenvalue weighted by molar-refractivity contribution is 5.70. The van der Waals surface area contributed by atoms with E-state index in [2.05, 4.69) is 24.3 Å². The summed E-state index contributed by atoms with van der Waals surface area (Å²) in [4.78, 5) is 19.2. The molecule has 1 aliphatic heterocycles. The smallest absolute Gasteiger partial charge is 0.410 e. The van der Waals surface area contributed by atoms with E-state index in [-0.39, 0.29) is 12.0 Å². The van der Waals surface area contributed by atoms with Gasteiger partial charge in [-0.05, 0) is 61.9 Å². The van der Waals surface area contributed by atoms with Crippen LogP contribution in [0.3, 0.4) is 0 Å². The number of aromatic nitrogens is 1. The van der Waals surface area contributed by atoms with Gasteiger partial charge >= 0.3 is 6.09 Å². The Balaban J connectivity index is 1.33. The zero-order valence-corrected chi connectivity index (χ0v) is 24.1. The van der Waals surface area contributed by atoms with Crippen molar-refractivity contribution in [2.75, 3.05) is 13.1 Å². The summed E-state index contributed by atoms with van der Waals surface area (Å²) in [6.45, 7) is 7.94. The quantitative estimate of drug-likeness (QED) is 0.222. The predicted molar refractivity (Wildman–Crippen MR) is 161 cm³/mol. The number of amides is 1. The topological polar surface area (TPSA) is 60.9 Å². The lowest BCUT2D eigenvalue weighted by atomic mass is 9.90. The van der Waals surface area contributed by atoms with E-state index < -0.39 is 5.60 Å². The summed E-state index contributed by atoms with van der Waals surface area (Å²) in [5, 5.41) is 0. The molecule has 6 nitrogen and oxygen atoms in total. The molecule has 0 aliphatic carbocycles. The average molecular weight is 551 g/mol. The molecule has 1 atom stereocenters. The molecule has 0 spiro atoms. The van der Waals surface area contributed by atoms with Crippen LogP contribution in [-0.2, 0) is 18.0 Å². The van der Waals surface area contributed by atoms with E-state index in [1.54, 1.807) is 0 Å². The van der Waals surface area contributed by atoms with Gasteiger partial charge in [0.1, 0.15) is 18.8 Å². The van der Waals surface area contributed by atoms with Crippen molar-refractivity contribution in [2.45, 2.75) is 58.3 Å². The van der Waals surface area contributed by atoms with Crippen molar-refractivity contribution in [3.63, 3.8) is 0 Å². The Morgan fingerprint density at radius 3 is 2.10 bits per heavy atom. The number of benzene rings is 3. The van der Waals surface area contributed by atoms with Crippen LogP contribution in [0.1, 0.15) is 56.2 Å². The van der Waals surface area contributed by atoms with Gasteiger partial charge in [0.25, 0.3) is 0 Å². The fourth-order valence-electron chi connectivity index (χ4n) is 4.97. The summed E-state index contributed by atoms with van der Waals surface area (Å²) in [6, 6.07) is 32.5. The Hall–Kier alpha value is -4.32. The van der Waals surface area contributed by atoms with Crippen LogP contribution in [-0.4, -0.2) is 34.7 Å². The van der Waals surface area contributed by atoms with E-state index in [9.17, 15) is 4.79 Å². The number of pyridine rings is 1. The summed E-state index contributed by atoms with van der Waals surface area (Å²) in [7, 11) is 0. The summed E-state index contributed by atoms with van der Waals surface area (Å²) >= 11 is 0.